The second kappa shape index (κ2) is 5.07. The number of carbonyl (C=O) groups excluding carboxylic acids is 1. The third kappa shape index (κ3) is 3.08. The van der Waals surface area contributed by atoms with E-state index in [4.69, 9.17) is 4.74 Å². The summed E-state index contributed by atoms with van der Waals surface area (Å²) < 4.78 is 5.54. The van der Waals surface area contributed by atoms with Crippen LogP contribution in [0.2, 0.25) is 0 Å². The highest BCUT2D eigenvalue weighted by molar-refractivity contribution is 9.10. The maximum absolute atomic E-state index is 11.4. The Morgan fingerprint density at radius 1 is 1.64 bits per heavy atom. The van der Waals surface area contributed by atoms with Crippen molar-refractivity contribution in [1.29, 1.82) is 0 Å². The number of aromatic nitrogens is 1. The smallest absolute Gasteiger partial charge is 0.254 e. The molecule has 0 aliphatic rings. The van der Waals surface area contributed by atoms with Gasteiger partial charge in [0, 0.05) is 7.11 Å². The predicted octanol–water partition coefficient (Wildman–Crippen LogP) is 1.82. The van der Waals surface area contributed by atoms with Gasteiger partial charge < -0.3 is 10.1 Å². The molecule has 0 spiro atoms. The van der Waals surface area contributed by atoms with E-state index in [0.717, 1.165) is 0 Å². The van der Waals surface area contributed by atoms with E-state index in [1.807, 2.05) is 0 Å². The quantitative estimate of drug-likeness (QED) is 0.842. The molecule has 0 aliphatic heterocycles. The molecular formula is C9H11BrN2O2. The molecule has 1 heterocycles. The number of nitrogens with one attached hydrogen (secondary N) is 1. The Hall–Kier alpha value is -0.940. The van der Waals surface area contributed by atoms with E-state index in [9.17, 15) is 4.79 Å². The Kier molecular flexibility index (Phi) is 4.03. The van der Waals surface area contributed by atoms with E-state index < -0.39 is 6.10 Å². The van der Waals surface area contributed by atoms with Crippen molar-refractivity contribution in [2.75, 3.05) is 12.4 Å². The molecule has 76 valence electrons. The van der Waals surface area contributed by atoms with Crippen molar-refractivity contribution in [3.05, 3.63) is 22.8 Å². The van der Waals surface area contributed by atoms with Crippen molar-refractivity contribution >= 4 is 27.7 Å². The van der Waals surface area contributed by atoms with Gasteiger partial charge in [0.15, 0.2) is 0 Å². The number of halogens is 1. The van der Waals surface area contributed by atoms with Crippen LogP contribution in [0.5, 0.6) is 0 Å². The third-order valence-electron chi connectivity index (χ3n) is 1.69. The van der Waals surface area contributed by atoms with E-state index in [2.05, 4.69) is 26.2 Å². The van der Waals surface area contributed by atoms with Crippen molar-refractivity contribution in [1.82, 2.24) is 4.98 Å². The zero-order valence-corrected chi connectivity index (χ0v) is 9.54. The molecule has 14 heavy (non-hydrogen) atoms. The third-order valence-corrected chi connectivity index (χ3v) is 2.13. The molecule has 4 nitrogen and oxygen atoms in total. The van der Waals surface area contributed by atoms with Crippen LogP contribution in [-0.4, -0.2) is 24.1 Å². The van der Waals surface area contributed by atoms with Crippen LogP contribution in [0, 0.1) is 0 Å². The first-order valence-corrected chi connectivity index (χ1v) is 4.89. The van der Waals surface area contributed by atoms with Gasteiger partial charge in [-0.3, -0.25) is 4.79 Å². The van der Waals surface area contributed by atoms with Crippen LogP contribution >= 0.6 is 15.9 Å². The minimum Gasteiger partial charge on any atom is -0.372 e. The Morgan fingerprint density at radius 2 is 2.36 bits per heavy atom. The van der Waals surface area contributed by atoms with Gasteiger partial charge in [-0.1, -0.05) is 6.07 Å². The summed E-state index contributed by atoms with van der Waals surface area (Å²) in [5.41, 5.74) is 0. The highest BCUT2D eigenvalue weighted by Crippen LogP contribution is 2.10. The predicted molar refractivity (Wildman–Crippen MR) is 57.0 cm³/mol. The molecule has 0 radical (unpaired) electrons. The second-order valence-electron chi connectivity index (χ2n) is 2.71. The molecule has 0 aliphatic carbocycles. The lowest BCUT2D eigenvalue weighted by atomic mass is 10.3. The first kappa shape index (κ1) is 11.1. The molecule has 0 fully saturated rings. The van der Waals surface area contributed by atoms with Gasteiger partial charge in [-0.05, 0) is 35.0 Å². The number of pyridine rings is 1. The summed E-state index contributed by atoms with van der Waals surface area (Å²) >= 11 is 3.21. The topological polar surface area (TPSA) is 51.2 Å². The maximum atomic E-state index is 11.4. The van der Waals surface area contributed by atoms with Crippen LogP contribution in [0.3, 0.4) is 0 Å². The van der Waals surface area contributed by atoms with Crippen LogP contribution in [0.15, 0.2) is 22.8 Å². The molecule has 0 saturated heterocycles. The number of hydrogen-bond donors (Lipinski definition) is 1. The number of anilines is 1. The normalized spacial score (nSPS) is 12.2. The van der Waals surface area contributed by atoms with Gasteiger partial charge in [0.1, 0.15) is 16.5 Å². The van der Waals surface area contributed by atoms with Crippen molar-refractivity contribution in [2.45, 2.75) is 13.0 Å². The molecule has 1 N–H and O–H groups in total. The van der Waals surface area contributed by atoms with E-state index in [0.29, 0.717) is 10.4 Å². The molecule has 0 aromatic carbocycles. The number of nitrogens with zero attached hydrogens (tertiary/aromatic N) is 1. The van der Waals surface area contributed by atoms with Crippen LogP contribution in [0.25, 0.3) is 0 Å². The molecule has 1 aromatic rings. The molecular weight excluding hydrogens is 248 g/mol. The largest absolute Gasteiger partial charge is 0.372 e. The molecule has 5 heteroatoms. The van der Waals surface area contributed by atoms with Crippen molar-refractivity contribution in [3.63, 3.8) is 0 Å². The van der Waals surface area contributed by atoms with E-state index in [1.54, 1.807) is 25.1 Å². The number of amides is 1. The van der Waals surface area contributed by atoms with Crippen LogP contribution in [0.4, 0.5) is 5.82 Å². The fraction of sp³-hybridized carbons (Fsp3) is 0.333. The SMILES string of the molecule is CO[C@H](C)C(=O)Nc1cccc(Br)n1. The fourth-order valence-corrected chi connectivity index (χ4v) is 1.16. The summed E-state index contributed by atoms with van der Waals surface area (Å²) in [4.78, 5) is 15.4. The molecule has 0 bridgehead atoms. The lowest BCUT2D eigenvalue weighted by Gasteiger charge is -2.09. The summed E-state index contributed by atoms with van der Waals surface area (Å²) in [5.74, 6) is 0.298. The highest BCUT2D eigenvalue weighted by atomic mass is 79.9. The average molecular weight is 259 g/mol. The summed E-state index contributed by atoms with van der Waals surface area (Å²) in [6.45, 7) is 1.67. The molecule has 1 aromatic heterocycles. The number of rotatable bonds is 3. The Bertz CT molecular complexity index is 330. The summed E-state index contributed by atoms with van der Waals surface area (Å²) in [6, 6.07) is 5.30. The molecule has 0 saturated carbocycles. The average Bonchev–Trinajstić information content (AvgIpc) is 2.16. The lowest BCUT2D eigenvalue weighted by Crippen LogP contribution is -2.26. The fourth-order valence-electron chi connectivity index (χ4n) is 0.813. The standard InChI is InChI=1S/C9H11BrN2O2/c1-6(14-2)9(13)12-8-5-3-4-7(10)11-8/h3-6H,1-2H3,(H,11,12,13)/t6-/m1/s1. The number of ether oxygens (including phenoxy) is 1. The van der Waals surface area contributed by atoms with Gasteiger partial charge in [-0.2, -0.15) is 0 Å². The number of hydrogen-bond acceptors (Lipinski definition) is 3. The zero-order valence-electron chi connectivity index (χ0n) is 7.95. The molecule has 1 atom stereocenters. The van der Waals surface area contributed by atoms with E-state index in [1.165, 1.54) is 7.11 Å². The van der Waals surface area contributed by atoms with Crippen LogP contribution in [0.1, 0.15) is 6.92 Å². The van der Waals surface area contributed by atoms with Gasteiger partial charge in [-0.25, -0.2) is 4.98 Å². The first-order chi connectivity index (χ1) is 6.63. The maximum Gasteiger partial charge on any atom is 0.254 e. The zero-order chi connectivity index (χ0) is 10.6. The van der Waals surface area contributed by atoms with Crippen molar-refractivity contribution in [3.8, 4) is 0 Å². The molecule has 1 amide bonds. The lowest BCUT2D eigenvalue weighted by molar-refractivity contribution is -0.124. The minimum atomic E-state index is -0.476. The van der Waals surface area contributed by atoms with E-state index >= 15 is 0 Å². The van der Waals surface area contributed by atoms with Crippen molar-refractivity contribution < 1.29 is 9.53 Å². The second-order valence-corrected chi connectivity index (χ2v) is 3.53. The van der Waals surface area contributed by atoms with Gasteiger partial charge >= 0.3 is 0 Å². The van der Waals surface area contributed by atoms with Crippen molar-refractivity contribution in [2.24, 2.45) is 0 Å². The monoisotopic (exact) mass is 258 g/mol. The van der Waals surface area contributed by atoms with E-state index in [-0.39, 0.29) is 5.91 Å². The summed E-state index contributed by atoms with van der Waals surface area (Å²) in [7, 11) is 1.48. The minimum absolute atomic E-state index is 0.210. The number of carbonyl (C=O) groups is 1. The Balaban J connectivity index is 2.65. The highest BCUT2D eigenvalue weighted by Gasteiger charge is 2.11. The summed E-state index contributed by atoms with van der Waals surface area (Å²) in [5, 5.41) is 2.63. The first-order valence-electron chi connectivity index (χ1n) is 4.09. The van der Waals surface area contributed by atoms with Gasteiger partial charge in [0.05, 0.1) is 0 Å². The van der Waals surface area contributed by atoms with Gasteiger partial charge in [0.2, 0.25) is 0 Å². The van der Waals surface area contributed by atoms with Gasteiger partial charge in [0.25, 0.3) is 5.91 Å². The van der Waals surface area contributed by atoms with Crippen LogP contribution < -0.4 is 5.32 Å². The summed E-state index contributed by atoms with van der Waals surface area (Å²) in [6.07, 6.45) is -0.476. The molecule has 1 rings (SSSR count). The Labute approximate surface area is 90.8 Å². The van der Waals surface area contributed by atoms with Gasteiger partial charge in [-0.15, -0.1) is 0 Å². The number of methoxy groups -OCH3 is 1. The molecule has 0 unspecified atom stereocenters. The Morgan fingerprint density at radius 3 is 2.93 bits per heavy atom. The van der Waals surface area contributed by atoms with Crippen LogP contribution in [-0.2, 0) is 9.53 Å².